The van der Waals surface area contributed by atoms with Crippen LogP contribution in [0, 0.1) is 6.92 Å². The average Bonchev–Trinajstić information content (AvgIpc) is 3.04. The van der Waals surface area contributed by atoms with E-state index in [0.717, 1.165) is 5.56 Å². The zero-order valence-electron chi connectivity index (χ0n) is 19.3. The summed E-state index contributed by atoms with van der Waals surface area (Å²) in [7, 11) is 0. The number of Topliss-reactive ketones (excluding diaryl/α,β-unsaturated/α-hetero) is 1. The van der Waals surface area contributed by atoms with E-state index in [0.29, 0.717) is 53.4 Å². The Morgan fingerprint density at radius 3 is 2.35 bits per heavy atom. The predicted octanol–water partition coefficient (Wildman–Crippen LogP) is 4.29. The third-order valence-electron chi connectivity index (χ3n) is 6.98. The lowest BCUT2D eigenvalue weighted by molar-refractivity contribution is -0.00619. The summed E-state index contributed by atoms with van der Waals surface area (Å²) in [4.78, 5) is 54.2. The van der Waals surface area contributed by atoms with Gasteiger partial charge in [-0.25, -0.2) is 0 Å². The number of rotatable bonds is 2. The van der Waals surface area contributed by atoms with Crippen molar-refractivity contribution in [2.45, 2.75) is 51.7 Å². The van der Waals surface area contributed by atoms with E-state index >= 15 is 0 Å². The molecule has 0 radical (unpaired) electrons. The number of nitrogens with zero attached hydrogens (tertiary/aromatic N) is 2. The molecule has 0 atom stereocenters. The van der Waals surface area contributed by atoms with Gasteiger partial charge in [-0.2, -0.15) is 0 Å². The van der Waals surface area contributed by atoms with E-state index in [2.05, 4.69) is 0 Å². The SMILES string of the molecule is Cc1cc(Cl)cc2c1OC1(CCN(C(=O)c3ccc4c(c3)C(=O)N(C(C)C)C4=O)CC1)CC2=O. The molecule has 0 N–H and O–H groups in total. The molecule has 1 saturated heterocycles. The number of amides is 3. The molecule has 5 rings (SSSR count). The molecular weight excluding hydrogens is 456 g/mol. The number of carbonyl (C=O) groups is 4. The van der Waals surface area contributed by atoms with Gasteiger partial charge in [0, 0.05) is 42.6 Å². The van der Waals surface area contributed by atoms with E-state index in [9.17, 15) is 19.2 Å². The van der Waals surface area contributed by atoms with Crippen LogP contribution in [0.15, 0.2) is 30.3 Å². The topological polar surface area (TPSA) is 84.0 Å². The monoisotopic (exact) mass is 480 g/mol. The van der Waals surface area contributed by atoms with Gasteiger partial charge in [-0.3, -0.25) is 24.1 Å². The molecule has 0 aromatic heterocycles. The Hall–Kier alpha value is -3.19. The van der Waals surface area contributed by atoms with E-state index in [1.54, 1.807) is 43.0 Å². The number of piperidine rings is 1. The first-order valence-electron chi connectivity index (χ1n) is 11.4. The van der Waals surface area contributed by atoms with Crippen molar-refractivity contribution in [3.8, 4) is 5.75 Å². The fraction of sp³-hybridized carbons (Fsp3) is 0.385. The maximum Gasteiger partial charge on any atom is 0.261 e. The highest BCUT2D eigenvalue weighted by atomic mass is 35.5. The summed E-state index contributed by atoms with van der Waals surface area (Å²) in [6.45, 7) is 6.29. The average molecular weight is 481 g/mol. The van der Waals surface area contributed by atoms with E-state index < -0.39 is 5.60 Å². The molecule has 7 nitrogen and oxygen atoms in total. The number of halogens is 1. The van der Waals surface area contributed by atoms with Crippen LogP contribution in [0.2, 0.25) is 5.02 Å². The third kappa shape index (κ3) is 3.50. The van der Waals surface area contributed by atoms with Crippen molar-refractivity contribution in [2.75, 3.05) is 13.1 Å². The number of aryl methyl sites for hydroxylation is 1. The van der Waals surface area contributed by atoms with Crippen molar-refractivity contribution in [1.82, 2.24) is 9.80 Å². The smallest absolute Gasteiger partial charge is 0.261 e. The number of imide groups is 1. The van der Waals surface area contributed by atoms with Gasteiger partial charge in [0.1, 0.15) is 11.4 Å². The lowest BCUT2D eigenvalue weighted by Gasteiger charge is -2.44. The zero-order chi connectivity index (χ0) is 24.4. The highest BCUT2D eigenvalue weighted by Crippen LogP contribution is 2.42. The Morgan fingerprint density at radius 2 is 1.68 bits per heavy atom. The summed E-state index contributed by atoms with van der Waals surface area (Å²) in [5.74, 6) is -0.318. The molecule has 0 aliphatic carbocycles. The Bertz CT molecular complexity index is 1260. The van der Waals surface area contributed by atoms with Crippen LogP contribution in [-0.4, -0.2) is 58.0 Å². The molecule has 3 heterocycles. The van der Waals surface area contributed by atoms with Crippen LogP contribution in [0.5, 0.6) is 5.75 Å². The van der Waals surface area contributed by atoms with Crippen LogP contribution in [0.3, 0.4) is 0 Å². The Balaban J connectivity index is 1.33. The maximum absolute atomic E-state index is 13.2. The molecular formula is C26H25ClN2O5. The minimum absolute atomic E-state index is 0.00290. The molecule has 176 valence electrons. The van der Waals surface area contributed by atoms with E-state index in [1.807, 2.05) is 6.92 Å². The molecule has 3 amide bonds. The van der Waals surface area contributed by atoms with E-state index in [1.165, 1.54) is 11.0 Å². The highest BCUT2D eigenvalue weighted by molar-refractivity contribution is 6.31. The lowest BCUT2D eigenvalue weighted by Crippen LogP contribution is -2.52. The Kier molecular flexibility index (Phi) is 5.28. The van der Waals surface area contributed by atoms with Crippen molar-refractivity contribution in [3.05, 3.63) is 63.2 Å². The molecule has 1 fully saturated rings. The highest BCUT2D eigenvalue weighted by Gasteiger charge is 2.44. The van der Waals surface area contributed by atoms with Gasteiger partial charge in [0.05, 0.1) is 23.1 Å². The normalized spacial score (nSPS) is 18.9. The molecule has 0 bridgehead atoms. The number of likely N-dealkylation sites (tertiary alicyclic amines) is 1. The minimum Gasteiger partial charge on any atom is -0.486 e. The molecule has 3 aliphatic rings. The standard InChI is InChI=1S/C26H25ClN2O5/c1-14(2)29-24(32)18-5-4-16(11-19(18)25(29)33)23(31)28-8-6-26(7-9-28)13-21(30)20-12-17(27)10-15(3)22(20)34-26/h4-5,10-12,14H,6-9,13H2,1-3H3. The molecule has 2 aromatic carbocycles. The van der Waals surface area contributed by atoms with Gasteiger partial charge < -0.3 is 9.64 Å². The second kappa shape index (κ2) is 7.94. The lowest BCUT2D eigenvalue weighted by atomic mass is 9.82. The first kappa shape index (κ1) is 22.6. The summed E-state index contributed by atoms with van der Waals surface area (Å²) in [6.07, 6.45) is 1.30. The van der Waals surface area contributed by atoms with Gasteiger partial charge in [0.2, 0.25) is 0 Å². The minimum atomic E-state index is -0.641. The number of ether oxygens (including phenoxy) is 1. The van der Waals surface area contributed by atoms with Gasteiger partial charge in [-0.15, -0.1) is 0 Å². The van der Waals surface area contributed by atoms with Gasteiger partial charge >= 0.3 is 0 Å². The van der Waals surface area contributed by atoms with Crippen molar-refractivity contribution in [2.24, 2.45) is 0 Å². The van der Waals surface area contributed by atoms with Crippen LogP contribution in [0.1, 0.15) is 80.1 Å². The van der Waals surface area contributed by atoms with Crippen LogP contribution >= 0.6 is 11.6 Å². The first-order chi connectivity index (χ1) is 16.1. The van der Waals surface area contributed by atoms with Gasteiger partial charge in [-0.05, 0) is 56.7 Å². The molecule has 8 heteroatoms. The van der Waals surface area contributed by atoms with Crippen molar-refractivity contribution in [1.29, 1.82) is 0 Å². The van der Waals surface area contributed by atoms with Crippen molar-refractivity contribution < 1.29 is 23.9 Å². The third-order valence-corrected chi connectivity index (χ3v) is 7.20. The number of benzene rings is 2. The second-order valence-corrected chi connectivity index (χ2v) is 10.0. The van der Waals surface area contributed by atoms with Gasteiger partial charge in [0.15, 0.2) is 5.78 Å². The van der Waals surface area contributed by atoms with E-state index in [4.69, 9.17) is 16.3 Å². The van der Waals surface area contributed by atoms with Crippen LogP contribution < -0.4 is 4.74 Å². The number of hydrogen-bond acceptors (Lipinski definition) is 5. The van der Waals surface area contributed by atoms with Gasteiger partial charge in [0.25, 0.3) is 17.7 Å². The van der Waals surface area contributed by atoms with Crippen molar-refractivity contribution >= 4 is 35.1 Å². The van der Waals surface area contributed by atoms with Crippen molar-refractivity contribution in [3.63, 3.8) is 0 Å². The molecule has 34 heavy (non-hydrogen) atoms. The summed E-state index contributed by atoms with van der Waals surface area (Å²) < 4.78 is 6.37. The summed E-state index contributed by atoms with van der Waals surface area (Å²) in [6, 6.07) is 7.86. The Labute approximate surface area is 202 Å². The predicted molar refractivity (Wildman–Crippen MR) is 126 cm³/mol. The molecule has 2 aromatic rings. The van der Waals surface area contributed by atoms with Crippen LogP contribution in [0.4, 0.5) is 0 Å². The first-order valence-corrected chi connectivity index (χ1v) is 11.8. The maximum atomic E-state index is 13.2. The van der Waals surface area contributed by atoms with E-state index in [-0.39, 0.29) is 41.5 Å². The summed E-state index contributed by atoms with van der Waals surface area (Å²) >= 11 is 6.12. The molecule has 0 saturated carbocycles. The summed E-state index contributed by atoms with van der Waals surface area (Å²) in [5.41, 5.74) is 1.67. The zero-order valence-corrected chi connectivity index (χ0v) is 20.1. The molecule has 3 aliphatic heterocycles. The number of ketones is 1. The fourth-order valence-corrected chi connectivity index (χ4v) is 5.43. The Morgan fingerprint density at radius 1 is 1.00 bits per heavy atom. The number of hydrogen-bond donors (Lipinski definition) is 0. The second-order valence-electron chi connectivity index (χ2n) is 9.61. The van der Waals surface area contributed by atoms with Crippen LogP contribution in [0.25, 0.3) is 0 Å². The van der Waals surface area contributed by atoms with Crippen LogP contribution in [-0.2, 0) is 0 Å². The summed E-state index contributed by atoms with van der Waals surface area (Å²) in [5, 5.41) is 0.510. The number of fused-ring (bicyclic) bond motifs is 2. The molecule has 1 spiro atoms. The fourth-order valence-electron chi connectivity index (χ4n) is 5.15. The number of carbonyl (C=O) groups excluding carboxylic acids is 4. The largest absolute Gasteiger partial charge is 0.486 e. The van der Waals surface area contributed by atoms with Gasteiger partial charge in [-0.1, -0.05) is 11.6 Å². The molecule has 0 unspecified atom stereocenters. The quantitative estimate of drug-likeness (QED) is 0.598.